The summed E-state index contributed by atoms with van der Waals surface area (Å²) >= 11 is 0. The minimum Gasteiger partial charge on any atom is -0.478 e. The third-order valence-corrected chi connectivity index (χ3v) is 7.41. The average Bonchev–Trinajstić information content (AvgIpc) is 3.34. The summed E-state index contributed by atoms with van der Waals surface area (Å²) in [7, 11) is 0. The van der Waals surface area contributed by atoms with Gasteiger partial charge in [-0.15, -0.1) is 0 Å². The van der Waals surface area contributed by atoms with E-state index >= 15 is 8.78 Å². The lowest BCUT2D eigenvalue weighted by Crippen LogP contribution is -2.32. The first kappa shape index (κ1) is 29.3. The van der Waals surface area contributed by atoms with Crippen molar-refractivity contribution < 1.29 is 37.3 Å². The summed E-state index contributed by atoms with van der Waals surface area (Å²) < 4.78 is 63.9. The van der Waals surface area contributed by atoms with E-state index in [4.69, 9.17) is 14.2 Å². The van der Waals surface area contributed by atoms with E-state index in [1.807, 2.05) is 0 Å². The molecule has 3 heterocycles. The number of fused-ring (bicyclic) bond motifs is 1. The number of ether oxygens (including phenoxy) is 3. The highest BCUT2D eigenvalue weighted by atomic mass is 19.1. The molecule has 2 aromatic heterocycles. The zero-order valence-electron chi connectivity index (χ0n) is 23.7. The maximum Gasteiger partial charge on any atom is 0.335 e. The molecule has 5 aromatic rings. The molecular weight excluding hydrogens is 575 g/mol. The van der Waals surface area contributed by atoms with Crippen LogP contribution in [0.4, 0.5) is 13.2 Å². The molecule has 6 rings (SSSR count). The van der Waals surface area contributed by atoms with E-state index < -0.39 is 23.4 Å². The molecule has 1 aliphatic heterocycles. The van der Waals surface area contributed by atoms with Crippen molar-refractivity contribution in [1.29, 1.82) is 0 Å². The van der Waals surface area contributed by atoms with Gasteiger partial charge in [0, 0.05) is 23.6 Å². The van der Waals surface area contributed by atoms with Gasteiger partial charge in [-0.05, 0) is 60.5 Å². The molecule has 0 saturated carbocycles. The Morgan fingerprint density at radius 3 is 2.59 bits per heavy atom. The second kappa shape index (κ2) is 12.5. The van der Waals surface area contributed by atoms with Gasteiger partial charge in [-0.1, -0.05) is 18.2 Å². The van der Waals surface area contributed by atoms with Gasteiger partial charge in [-0.3, -0.25) is 0 Å². The molecule has 11 heteroatoms. The van der Waals surface area contributed by atoms with Crippen LogP contribution >= 0.6 is 0 Å². The topological polar surface area (TPSA) is 95.7 Å². The molecule has 3 aromatic carbocycles. The number of hydrogen-bond acceptors (Lipinski definition) is 6. The van der Waals surface area contributed by atoms with Gasteiger partial charge >= 0.3 is 5.97 Å². The molecule has 0 bridgehead atoms. The number of halogens is 3. The normalized spacial score (nSPS) is 15.0. The standard InChI is InChI=1S/C33H28F3N3O5/c1-19-5-6-21(25(34)11-19)17-44-32-4-2-3-28(38-32)24-15-26(35)22(12-27(24)36)14-31-37-29-8-7-20(33(40)41)13-30(29)39(31)16-23-18-42-9-10-43-23/h2-8,11-13,15,23H,9-10,14,16-18H2,1H3,(H,40,41). The number of aromatic nitrogens is 3. The highest BCUT2D eigenvalue weighted by molar-refractivity contribution is 5.92. The summed E-state index contributed by atoms with van der Waals surface area (Å²) in [6, 6.07) is 16.2. The van der Waals surface area contributed by atoms with E-state index in [0.717, 1.165) is 17.7 Å². The summed E-state index contributed by atoms with van der Waals surface area (Å²) in [5, 5.41) is 9.51. The number of pyridine rings is 1. The quantitative estimate of drug-likeness (QED) is 0.217. The smallest absolute Gasteiger partial charge is 0.335 e. The fourth-order valence-corrected chi connectivity index (χ4v) is 5.15. The summed E-state index contributed by atoms with van der Waals surface area (Å²) in [6.45, 7) is 3.23. The molecule has 8 nitrogen and oxygen atoms in total. The van der Waals surface area contributed by atoms with Crippen LogP contribution in [0.1, 0.15) is 32.9 Å². The summed E-state index contributed by atoms with van der Waals surface area (Å²) in [5.41, 5.74) is 2.41. The van der Waals surface area contributed by atoms with Crippen LogP contribution in [0.15, 0.2) is 66.7 Å². The molecule has 0 aliphatic carbocycles. The summed E-state index contributed by atoms with van der Waals surface area (Å²) in [6.07, 6.45) is -0.382. The largest absolute Gasteiger partial charge is 0.478 e. The highest BCUT2D eigenvalue weighted by Gasteiger charge is 2.22. The van der Waals surface area contributed by atoms with Crippen molar-refractivity contribution in [3.05, 3.63) is 112 Å². The Morgan fingerprint density at radius 2 is 1.82 bits per heavy atom. The van der Waals surface area contributed by atoms with Gasteiger partial charge in [-0.25, -0.2) is 27.9 Å². The van der Waals surface area contributed by atoms with Crippen molar-refractivity contribution >= 4 is 17.0 Å². The van der Waals surface area contributed by atoms with Crippen LogP contribution in [0.5, 0.6) is 5.88 Å². The van der Waals surface area contributed by atoms with Crippen molar-refractivity contribution in [3.8, 4) is 17.1 Å². The number of carbonyl (C=O) groups is 1. The van der Waals surface area contributed by atoms with Crippen LogP contribution in [0.2, 0.25) is 0 Å². The maximum atomic E-state index is 15.5. The van der Waals surface area contributed by atoms with Crippen molar-refractivity contribution in [3.63, 3.8) is 0 Å². The summed E-state index contributed by atoms with van der Waals surface area (Å²) in [4.78, 5) is 20.6. The van der Waals surface area contributed by atoms with Gasteiger partial charge in [0.05, 0.1) is 54.8 Å². The Hall–Kier alpha value is -4.74. The fourth-order valence-electron chi connectivity index (χ4n) is 5.15. The Bertz CT molecular complexity index is 1850. The molecule has 1 aliphatic rings. The Morgan fingerprint density at radius 1 is 0.977 bits per heavy atom. The van der Waals surface area contributed by atoms with Crippen LogP contribution in [0, 0.1) is 24.4 Å². The van der Waals surface area contributed by atoms with Crippen molar-refractivity contribution in [2.24, 2.45) is 0 Å². The van der Waals surface area contributed by atoms with Crippen molar-refractivity contribution in [2.45, 2.75) is 32.6 Å². The first-order chi connectivity index (χ1) is 21.2. The minimum absolute atomic E-state index is 0.0596. The molecule has 0 radical (unpaired) electrons. The number of imidazole rings is 1. The zero-order chi connectivity index (χ0) is 30.8. The molecule has 1 unspecified atom stereocenters. The van der Waals surface area contributed by atoms with E-state index in [1.54, 1.807) is 41.8 Å². The third-order valence-electron chi connectivity index (χ3n) is 7.41. The SMILES string of the molecule is Cc1ccc(COc2cccc(-c3cc(F)c(Cc4nc5ccc(C(=O)O)cc5n4CC4COCCO4)cc3F)n2)c(F)c1. The number of aromatic carboxylic acids is 1. The van der Waals surface area contributed by atoms with Gasteiger partial charge in [0.15, 0.2) is 0 Å². The Labute approximate surface area is 250 Å². The van der Waals surface area contributed by atoms with Gasteiger partial charge in [-0.2, -0.15) is 0 Å². The van der Waals surface area contributed by atoms with E-state index in [0.29, 0.717) is 48.8 Å². The first-order valence-electron chi connectivity index (χ1n) is 14.0. The van der Waals surface area contributed by atoms with Gasteiger partial charge in [0.2, 0.25) is 5.88 Å². The predicted octanol–water partition coefficient (Wildman–Crippen LogP) is 6.11. The molecule has 1 saturated heterocycles. The molecule has 1 fully saturated rings. The minimum atomic E-state index is -1.09. The molecule has 0 amide bonds. The van der Waals surface area contributed by atoms with Crippen molar-refractivity contribution in [1.82, 2.24) is 14.5 Å². The maximum absolute atomic E-state index is 15.5. The fraction of sp³-hybridized carbons (Fsp3) is 0.242. The number of carboxylic acid groups (broad SMARTS) is 1. The number of hydrogen-bond donors (Lipinski definition) is 1. The molecule has 226 valence electrons. The van der Waals surface area contributed by atoms with Gasteiger partial charge in [0.25, 0.3) is 0 Å². The lowest BCUT2D eigenvalue weighted by molar-refractivity contribution is -0.0934. The highest BCUT2D eigenvalue weighted by Crippen LogP contribution is 2.29. The molecule has 1 atom stereocenters. The number of nitrogens with zero attached hydrogens (tertiary/aromatic N) is 3. The third kappa shape index (κ3) is 6.29. The first-order valence-corrected chi connectivity index (χ1v) is 14.0. The summed E-state index contributed by atoms with van der Waals surface area (Å²) in [5.74, 6) is -2.31. The van der Waals surface area contributed by atoms with E-state index in [9.17, 15) is 14.3 Å². The second-order valence-electron chi connectivity index (χ2n) is 10.6. The number of carboxylic acids is 1. The van der Waals surface area contributed by atoms with Crippen LogP contribution in [0.25, 0.3) is 22.3 Å². The lowest BCUT2D eigenvalue weighted by Gasteiger charge is -2.24. The van der Waals surface area contributed by atoms with Gasteiger partial charge < -0.3 is 23.9 Å². The number of benzene rings is 3. The van der Waals surface area contributed by atoms with Crippen LogP contribution in [-0.4, -0.2) is 51.5 Å². The predicted molar refractivity (Wildman–Crippen MR) is 155 cm³/mol. The Balaban J connectivity index is 1.27. The van der Waals surface area contributed by atoms with Crippen LogP contribution in [-0.2, 0) is 29.0 Å². The van der Waals surface area contributed by atoms with Crippen LogP contribution < -0.4 is 4.74 Å². The monoisotopic (exact) mass is 603 g/mol. The zero-order valence-corrected chi connectivity index (χ0v) is 23.7. The average molecular weight is 604 g/mol. The van der Waals surface area contributed by atoms with E-state index in [-0.39, 0.29) is 47.4 Å². The van der Waals surface area contributed by atoms with E-state index in [1.165, 1.54) is 24.3 Å². The molecular formula is C33H28F3N3O5. The van der Waals surface area contributed by atoms with Gasteiger partial charge in [0.1, 0.15) is 29.9 Å². The van der Waals surface area contributed by atoms with Crippen LogP contribution in [0.3, 0.4) is 0 Å². The van der Waals surface area contributed by atoms with E-state index in [2.05, 4.69) is 9.97 Å². The molecule has 0 spiro atoms. The van der Waals surface area contributed by atoms with Crippen molar-refractivity contribution in [2.75, 3.05) is 19.8 Å². The molecule has 44 heavy (non-hydrogen) atoms. The second-order valence-corrected chi connectivity index (χ2v) is 10.6. The Kier molecular flexibility index (Phi) is 8.32. The lowest BCUT2D eigenvalue weighted by atomic mass is 10.0. The number of aryl methyl sites for hydroxylation is 1. The molecule has 1 N–H and O–H groups in total. The number of rotatable bonds is 9.